The summed E-state index contributed by atoms with van der Waals surface area (Å²) >= 11 is 0. The average molecular weight is 1310 g/mol. The molecule has 6 aromatic heterocycles. The van der Waals surface area contributed by atoms with Crippen molar-refractivity contribution in [3.8, 4) is 0 Å². The van der Waals surface area contributed by atoms with Crippen molar-refractivity contribution < 1.29 is 117 Å². The number of ether oxygens (including phenoxy) is 6. The molecule has 16 atom stereocenters. The van der Waals surface area contributed by atoms with Gasteiger partial charge < -0.3 is 75.4 Å². The minimum atomic E-state index is -6.33. The second-order valence-corrected chi connectivity index (χ2v) is 27.8. The van der Waals surface area contributed by atoms with Crippen LogP contribution in [0.4, 0.5) is 17.7 Å². The molecule has 6 aromatic rings. The van der Waals surface area contributed by atoms with Crippen LogP contribution >= 0.6 is 31.3 Å². The first-order valence-electron chi connectivity index (χ1n) is 25.4. The summed E-state index contributed by atoms with van der Waals surface area (Å²) in [7, 11) is -21.4. The number of carbonyl (C=O) groups excluding carboxylic acids is 2. The maximum absolute atomic E-state index is 13.8. The molecule has 0 saturated carbocycles. The van der Waals surface area contributed by atoms with E-state index < -0.39 is 159 Å². The number of aliphatic hydroxyl groups is 2. The minimum Gasteiger partial charge on any atom is -0.455 e. The molecule has 9 rings (SSSR count). The molecule has 0 aromatic carbocycles. The Bertz CT molecular complexity index is 3940. The normalized spacial score (nSPS) is 28.2. The molecule has 0 radical (unpaired) electrons. The van der Waals surface area contributed by atoms with Crippen LogP contribution < -0.4 is 32.9 Å². The molecule has 41 nitrogen and oxygen atoms in total. The summed E-state index contributed by atoms with van der Waals surface area (Å²) in [4.78, 5) is 125. The summed E-state index contributed by atoms with van der Waals surface area (Å²) in [6.07, 6.45) is -15.9. The number of aliphatic hydroxyl groups excluding tert-OH is 2. The van der Waals surface area contributed by atoms with Crippen molar-refractivity contribution in [2.24, 2.45) is 17.9 Å². The van der Waals surface area contributed by atoms with Gasteiger partial charge in [-0.2, -0.15) is 13.6 Å². The number of carbonyl (C=O) groups is 2. The number of imidazole rings is 3. The van der Waals surface area contributed by atoms with Gasteiger partial charge in [0, 0.05) is 7.11 Å². The number of fused-ring (bicyclic) bond motifs is 3. The predicted molar refractivity (Wildman–Crippen MR) is 286 cm³/mol. The van der Waals surface area contributed by atoms with E-state index in [4.69, 9.17) is 63.7 Å². The van der Waals surface area contributed by atoms with Gasteiger partial charge in [0.1, 0.15) is 54.6 Å². The lowest BCUT2D eigenvalue weighted by Gasteiger charge is -2.28. The molecule has 3 fully saturated rings. The van der Waals surface area contributed by atoms with Crippen molar-refractivity contribution in [2.75, 3.05) is 44.1 Å². The number of phosphoric acid groups is 4. The first-order valence-corrected chi connectivity index (χ1v) is 31.4. The monoisotopic (exact) mass is 1310 g/mol. The number of aromatic nitrogens is 12. The van der Waals surface area contributed by atoms with Crippen LogP contribution in [0.3, 0.4) is 0 Å². The summed E-state index contributed by atoms with van der Waals surface area (Å²) < 4.78 is 124. The third kappa shape index (κ3) is 13.9. The number of nitrogens with two attached hydrogens (primary N) is 3. The van der Waals surface area contributed by atoms with E-state index >= 15 is 0 Å². The fraction of sp³-hybridized carbons (Fsp3) is 0.595. The Balaban J connectivity index is 0.908. The molecule has 45 heteroatoms. The number of hydrogen-bond acceptors (Lipinski definition) is 31. The van der Waals surface area contributed by atoms with Gasteiger partial charge in [0.05, 0.1) is 50.4 Å². The van der Waals surface area contributed by atoms with Gasteiger partial charge in [-0.05, 0) is 41.5 Å². The zero-order valence-electron chi connectivity index (χ0n) is 46.7. The molecular formula is C42H60N15O26P4+. The average Bonchev–Trinajstić information content (AvgIpc) is 1.64. The maximum atomic E-state index is 13.8. The number of nitrogen functional groups attached to an aromatic ring is 3. The molecule has 0 bridgehead atoms. The van der Waals surface area contributed by atoms with Crippen molar-refractivity contribution in [2.45, 2.75) is 115 Å². The lowest BCUT2D eigenvalue weighted by atomic mass is 9.96. The molecule has 9 heterocycles. The van der Waals surface area contributed by atoms with Crippen LogP contribution in [0, 0.1) is 10.8 Å². The van der Waals surface area contributed by atoms with Crippen molar-refractivity contribution in [3.63, 3.8) is 0 Å². The zero-order chi connectivity index (χ0) is 63.8. The SMILES string of the molecule is CO[C@@H]1[C@H](OP(=O)(O)OC[C@H]2O[C@@H](n3cnc4c(=O)[nH]c(N)nc43)[C@H](O)[C@@H]2O)[C@@H](COP(=O)(O)OP(=O)(O)OP(=O)(O)OC[C@H]2O[C@@H]([n+]3cn(C)c4c(=O)[nH]c(N)nc43)[C@H](OC(=O)C(C)(C)C)[C@@H]2OC(=O)C(C)(C)C)O[C@H]1n1cnc2c(N)ncnc21. The molecular weight excluding hydrogens is 1250 g/mol. The number of hydrogen-bond donors (Lipinski definition) is 11. The summed E-state index contributed by atoms with van der Waals surface area (Å²) in [5.41, 5.74) is 13.1. The molecule has 87 heavy (non-hydrogen) atoms. The maximum Gasteiger partial charge on any atom is 0.490 e. The first kappa shape index (κ1) is 65.3. The second-order valence-electron chi connectivity index (χ2n) is 21.7. The van der Waals surface area contributed by atoms with Gasteiger partial charge in [-0.1, -0.05) is 4.98 Å². The third-order valence-corrected chi connectivity index (χ3v) is 18.5. The minimum absolute atomic E-state index is 0.00826. The smallest absolute Gasteiger partial charge is 0.455 e. The Morgan fingerprint density at radius 2 is 1.18 bits per heavy atom. The number of aromatic amines is 2. The highest BCUT2D eigenvalue weighted by atomic mass is 31.3. The van der Waals surface area contributed by atoms with Crippen molar-refractivity contribution >= 4 is 94.4 Å². The van der Waals surface area contributed by atoms with E-state index in [9.17, 15) is 67.2 Å². The van der Waals surface area contributed by atoms with E-state index in [-0.39, 0.29) is 51.2 Å². The van der Waals surface area contributed by atoms with E-state index in [0.717, 1.165) is 30.7 Å². The van der Waals surface area contributed by atoms with Crippen LogP contribution in [0.15, 0.2) is 34.9 Å². The van der Waals surface area contributed by atoms with Gasteiger partial charge in [0.15, 0.2) is 53.6 Å². The van der Waals surface area contributed by atoms with Crippen LogP contribution in [-0.4, -0.2) is 177 Å². The highest BCUT2D eigenvalue weighted by Gasteiger charge is 2.57. The van der Waals surface area contributed by atoms with Gasteiger partial charge in [-0.15, -0.1) is 0 Å². The fourth-order valence-electron chi connectivity index (χ4n) is 9.13. The number of esters is 2. The standard InChI is InChI=1S/C42H59N15O26P4/c1-41(2,3)37(62)79-24-17(77-36(27(24)80-38(63)42(4,5)6)57-15-54(7)21-31(57)51-40(45)53-33(21)61)10-74-85(66,67)82-87(70,71)83-86(68,69)75-11-18-25(26(72-8)35(78-18)55-13-48-19-28(43)46-12-47-29(19)55)81-84(64,65)73-9-16-22(58)23(59)34(76-16)56-14-49-20-30(56)50-39(44)52-32(20)60/h12-18,22-27,34-36,58-59H,9-11H2,1-8H3,(H11-,43,44,45,46,47,50,51,52,53,60,61,64,65,66,67,68,69,70,71)/p+1/t16-,17-,18-,22-,23-,24-,25-,26-,27-,34-,35-,36-/m1/s1. The van der Waals surface area contributed by atoms with Gasteiger partial charge in [0.2, 0.25) is 17.7 Å². The Labute approximate surface area is 487 Å². The van der Waals surface area contributed by atoms with Crippen LogP contribution in [-0.2, 0) is 90.0 Å². The van der Waals surface area contributed by atoms with E-state index in [0.29, 0.717) is 0 Å². The Morgan fingerprint density at radius 1 is 0.655 bits per heavy atom. The van der Waals surface area contributed by atoms with Crippen LogP contribution in [0.1, 0.15) is 60.2 Å². The first-order chi connectivity index (χ1) is 40.4. The zero-order valence-corrected chi connectivity index (χ0v) is 50.3. The molecule has 3 saturated heterocycles. The van der Waals surface area contributed by atoms with Gasteiger partial charge in [-0.25, -0.2) is 42.8 Å². The molecule has 0 aliphatic carbocycles. The van der Waals surface area contributed by atoms with Crippen LogP contribution in [0.5, 0.6) is 0 Å². The third-order valence-electron chi connectivity index (χ3n) is 13.2. The topological polar surface area (TPSA) is 574 Å². The van der Waals surface area contributed by atoms with Crippen molar-refractivity contribution in [1.82, 2.24) is 53.6 Å². The number of aryl methyl sites for hydroxylation is 1. The van der Waals surface area contributed by atoms with E-state index in [1.807, 2.05) is 0 Å². The summed E-state index contributed by atoms with van der Waals surface area (Å²) in [5.74, 6) is -2.56. The highest BCUT2D eigenvalue weighted by molar-refractivity contribution is 7.66. The number of rotatable bonds is 21. The van der Waals surface area contributed by atoms with Crippen LogP contribution in [0.25, 0.3) is 33.5 Å². The van der Waals surface area contributed by atoms with Gasteiger partial charge in [-0.3, -0.25) is 60.9 Å². The summed E-state index contributed by atoms with van der Waals surface area (Å²) in [5, 5.41) is 21.9. The van der Waals surface area contributed by atoms with E-state index in [1.165, 1.54) is 68.6 Å². The summed E-state index contributed by atoms with van der Waals surface area (Å²) in [6, 6.07) is 0. The largest absolute Gasteiger partial charge is 0.490 e. The van der Waals surface area contributed by atoms with Crippen LogP contribution in [0.2, 0.25) is 0 Å². The number of H-pyrrole nitrogens is 2. The number of nitrogens with zero attached hydrogens (tertiary/aromatic N) is 10. The van der Waals surface area contributed by atoms with Gasteiger partial charge in [0.25, 0.3) is 17.1 Å². The highest BCUT2D eigenvalue weighted by Crippen LogP contribution is 2.68. The Morgan fingerprint density at radius 3 is 1.79 bits per heavy atom. The molecule has 4 unspecified atom stereocenters. The van der Waals surface area contributed by atoms with Gasteiger partial charge >= 0.3 is 48.9 Å². The molecule has 0 amide bonds. The molecule has 14 N–H and O–H groups in total. The number of anilines is 3. The number of methoxy groups -OCH3 is 1. The Kier molecular flexibility index (Phi) is 18.0. The lowest BCUT2D eigenvalue weighted by molar-refractivity contribution is -0.745. The Hall–Kier alpha value is -6.13. The van der Waals surface area contributed by atoms with E-state index in [2.05, 4.69) is 48.5 Å². The quantitative estimate of drug-likeness (QED) is 0.0221. The second kappa shape index (κ2) is 24.0. The summed E-state index contributed by atoms with van der Waals surface area (Å²) in [6.45, 7) is 5.40. The molecule has 3 aliphatic rings. The van der Waals surface area contributed by atoms with Crippen molar-refractivity contribution in [3.05, 3.63) is 46.0 Å². The molecule has 478 valence electrons. The fourth-order valence-corrected chi connectivity index (χ4v) is 13.6. The van der Waals surface area contributed by atoms with E-state index in [1.54, 1.807) is 0 Å². The number of nitrogens with one attached hydrogen (secondary N) is 2. The van der Waals surface area contributed by atoms with Crippen molar-refractivity contribution in [1.29, 1.82) is 0 Å². The lowest BCUT2D eigenvalue weighted by Crippen LogP contribution is -2.50. The molecule has 0 spiro atoms. The predicted octanol–water partition coefficient (Wildman–Crippen LogP) is -1.52. The molecule has 3 aliphatic heterocycles. The number of phosphoric ester groups is 3.